The predicted molar refractivity (Wildman–Crippen MR) is 55.0 cm³/mol. The quantitative estimate of drug-likeness (QED) is 0.622. The lowest BCUT2D eigenvalue weighted by Crippen LogP contribution is -2.59. The van der Waals surface area contributed by atoms with E-state index in [0.717, 1.165) is 39.0 Å². The lowest BCUT2D eigenvalue weighted by atomic mass is 9.97. The van der Waals surface area contributed by atoms with Crippen molar-refractivity contribution in [2.24, 2.45) is 5.92 Å². The number of carbonyl (C=O) groups is 1. The third-order valence-corrected chi connectivity index (χ3v) is 3.30. The SMILES string of the molecule is CN(C(=O)[C@@H]1CCCNC1)C1CNC1. The fourth-order valence-corrected chi connectivity index (χ4v) is 2.08. The van der Waals surface area contributed by atoms with Gasteiger partial charge in [0.1, 0.15) is 0 Å². The lowest BCUT2D eigenvalue weighted by Gasteiger charge is -2.38. The molecule has 2 heterocycles. The van der Waals surface area contributed by atoms with Crippen LogP contribution in [0.1, 0.15) is 12.8 Å². The Labute approximate surface area is 85.0 Å². The number of piperidine rings is 1. The van der Waals surface area contributed by atoms with Crippen molar-refractivity contribution in [3.05, 3.63) is 0 Å². The number of hydrogen-bond acceptors (Lipinski definition) is 3. The Morgan fingerprint density at radius 3 is 2.57 bits per heavy atom. The van der Waals surface area contributed by atoms with E-state index in [1.807, 2.05) is 11.9 Å². The summed E-state index contributed by atoms with van der Waals surface area (Å²) in [6.45, 7) is 3.85. The van der Waals surface area contributed by atoms with Crippen molar-refractivity contribution in [2.45, 2.75) is 18.9 Å². The molecule has 0 bridgehead atoms. The van der Waals surface area contributed by atoms with Gasteiger partial charge in [0.15, 0.2) is 0 Å². The zero-order valence-corrected chi connectivity index (χ0v) is 8.75. The minimum atomic E-state index is 0.217. The van der Waals surface area contributed by atoms with E-state index in [0.29, 0.717) is 11.9 Å². The zero-order chi connectivity index (χ0) is 9.97. The van der Waals surface area contributed by atoms with E-state index in [9.17, 15) is 4.79 Å². The number of amides is 1. The summed E-state index contributed by atoms with van der Waals surface area (Å²) in [5, 5.41) is 6.47. The third-order valence-electron chi connectivity index (χ3n) is 3.30. The molecule has 2 N–H and O–H groups in total. The molecule has 0 saturated carbocycles. The Kier molecular flexibility index (Phi) is 3.03. The van der Waals surface area contributed by atoms with Gasteiger partial charge in [-0.15, -0.1) is 0 Å². The van der Waals surface area contributed by atoms with Gasteiger partial charge in [-0.2, -0.15) is 0 Å². The van der Waals surface area contributed by atoms with Crippen LogP contribution in [0.3, 0.4) is 0 Å². The molecular formula is C10H19N3O. The molecule has 80 valence electrons. The van der Waals surface area contributed by atoms with E-state index >= 15 is 0 Å². The van der Waals surface area contributed by atoms with Crippen molar-refractivity contribution in [3.8, 4) is 0 Å². The summed E-state index contributed by atoms with van der Waals surface area (Å²) in [5.41, 5.74) is 0. The van der Waals surface area contributed by atoms with Crippen molar-refractivity contribution in [1.29, 1.82) is 0 Å². The molecule has 2 saturated heterocycles. The van der Waals surface area contributed by atoms with Crippen LogP contribution in [-0.4, -0.2) is 50.1 Å². The summed E-state index contributed by atoms with van der Waals surface area (Å²) >= 11 is 0. The monoisotopic (exact) mass is 197 g/mol. The Morgan fingerprint density at radius 1 is 1.29 bits per heavy atom. The third kappa shape index (κ3) is 1.91. The number of nitrogens with zero attached hydrogens (tertiary/aromatic N) is 1. The molecule has 0 aromatic carbocycles. The second kappa shape index (κ2) is 4.28. The molecule has 0 aliphatic carbocycles. The van der Waals surface area contributed by atoms with E-state index in [4.69, 9.17) is 0 Å². The summed E-state index contributed by atoms with van der Waals surface area (Å²) in [6.07, 6.45) is 2.18. The van der Waals surface area contributed by atoms with Crippen LogP contribution in [0.2, 0.25) is 0 Å². The Hall–Kier alpha value is -0.610. The van der Waals surface area contributed by atoms with Crippen molar-refractivity contribution in [2.75, 3.05) is 33.2 Å². The van der Waals surface area contributed by atoms with Gasteiger partial charge in [0, 0.05) is 26.7 Å². The van der Waals surface area contributed by atoms with Gasteiger partial charge in [-0.3, -0.25) is 4.79 Å². The maximum Gasteiger partial charge on any atom is 0.227 e. The first-order valence-electron chi connectivity index (χ1n) is 5.47. The number of likely N-dealkylation sites (N-methyl/N-ethyl adjacent to an activating group) is 1. The molecule has 2 aliphatic rings. The fourth-order valence-electron chi connectivity index (χ4n) is 2.08. The summed E-state index contributed by atoms with van der Waals surface area (Å²) in [6, 6.07) is 0.435. The second-order valence-corrected chi connectivity index (χ2v) is 4.30. The predicted octanol–water partition coefficient (Wildman–Crippen LogP) is -0.584. The van der Waals surface area contributed by atoms with Gasteiger partial charge >= 0.3 is 0 Å². The van der Waals surface area contributed by atoms with Crippen LogP contribution in [0.25, 0.3) is 0 Å². The van der Waals surface area contributed by atoms with E-state index < -0.39 is 0 Å². The molecule has 14 heavy (non-hydrogen) atoms. The number of rotatable bonds is 2. The van der Waals surface area contributed by atoms with Gasteiger partial charge in [-0.25, -0.2) is 0 Å². The minimum Gasteiger partial charge on any atom is -0.340 e. The fraction of sp³-hybridized carbons (Fsp3) is 0.900. The lowest BCUT2D eigenvalue weighted by molar-refractivity contribution is -0.137. The van der Waals surface area contributed by atoms with E-state index in [2.05, 4.69) is 10.6 Å². The van der Waals surface area contributed by atoms with Crippen LogP contribution in [0.15, 0.2) is 0 Å². The van der Waals surface area contributed by atoms with Crippen LogP contribution in [0.5, 0.6) is 0 Å². The molecule has 2 aliphatic heterocycles. The van der Waals surface area contributed by atoms with Crippen molar-refractivity contribution in [3.63, 3.8) is 0 Å². The molecule has 2 fully saturated rings. The number of hydrogen-bond donors (Lipinski definition) is 2. The van der Waals surface area contributed by atoms with Gasteiger partial charge in [-0.1, -0.05) is 0 Å². The smallest absolute Gasteiger partial charge is 0.227 e. The molecule has 0 unspecified atom stereocenters. The van der Waals surface area contributed by atoms with Gasteiger partial charge < -0.3 is 15.5 Å². The molecule has 1 amide bonds. The molecule has 0 spiro atoms. The standard InChI is InChI=1S/C10H19N3O/c1-13(9-6-12-7-9)10(14)8-3-2-4-11-5-8/h8-9,11-12H,2-7H2,1H3/t8-/m1/s1. The highest BCUT2D eigenvalue weighted by Gasteiger charge is 2.30. The molecule has 2 rings (SSSR count). The van der Waals surface area contributed by atoms with Crippen LogP contribution >= 0.6 is 0 Å². The highest BCUT2D eigenvalue weighted by molar-refractivity contribution is 5.79. The van der Waals surface area contributed by atoms with Crippen molar-refractivity contribution < 1.29 is 4.79 Å². The van der Waals surface area contributed by atoms with Gasteiger partial charge in [-0.05, 0) is 19.4 Å². The first kappa shape index (κ1) is 9.93. The first-order chi connectivity index (χ1) is 6.79. The maximum absolute atomic E-state index is 12.0. The summed E-state index contributed by atoms with van der Waals surface area (Å²) < 4.78 is 0. The molecule has 1 atom stereocenters. The van der Waals surface area contributed by atoms with E-state index in [1.54, 1.807) is 0 Å². The van der Waals surface area contributed by atoms with E-state index in [-0.39, 0.29) is 5.92 Å². The number of carbonyl (C=O) groups excluding carboxylic acids is 1. The highest BCUT2D eigenvalue weighted by atomic mass is 16.2. The summed E-state index contributed by atoms with van der Waals surface area (Å²) in [5.74, 6) is 0.540. The zero-order valence-electron chi connectivity index (χ0n) is 8.75. The van der Waals surface area contributed by atoms with Crippen molar-refractivity contribution >= 4 is 5.91 Å². The van der Waals surface area contributed by atoms with Crippen molar-refractivity contribution in [1.82, 2.24) is 15.5 Å². The van der Waals surface area contributed by atoms with Crippen LogP contribution in [0.4, 0.5) is 0 Å². The average Bonchev–Trinajstić information content (AvgIpc) is 2.15. The molecule has 0 aromatic heterocycles. The first-order valence-corrected chi connectivity index (χ1v) is 5.47. The minimum absolute atomic E-state index is 0.217. The van der Waals surface area contributed by atoms with Gasteiger partial charge in [0.25, 0.3) is 0 Å². The molecular weight excluding hydrogens is 178 g/mol. The van der Waals surface area contributed by atoms with E-state index in [1.165, 1.54) is 0 Å². The largest absolute Gasteiger partial charge is 0.340 e. The normalized spacial score (nSPS) is 28.2. The summed E-state index contributed by atoms with van der Waals surface area (Å²) in [7, 11) is 1.93. The summed E-state index contributed by atoms with van der Waals surface area (Å²) in [4.78, 5) is 13.9. The second-order valence-electron chi connectivity index (χ2n) is 4.30. The number of nitrogens with one attached hydrogen (secondary N) is 2. The maximum atomic E-state index is 12.0. The average molecular weight is 197 g/mol. The molecule has 4 heteroatoms. The van der Waals surface area contributed by atoms with Crippen LogP contribution < -0.4 is 10.6 Å². The molecule has 0 aromatic rings. The van der Waals surface area contributed by atoms with Gasteiger partial charge in [0.2, 0.25) is 5.91 Å². The Bertz CT molecular complexity index is 205. The molecule has 0 radical (unpaired) electrons. The van der Waals surface area contributed by atoms with Crippen LogP contribution in [-0.2, 0) is 4.79 Å². The highest BCUT2D eigenvalue weighted by Crippen LogP contribution is 2.15. The Morgan fingerprint density at radius 2 is 2.07 bits per heavy atom. The molecule has 4 nitrogen and oxygen atoms in total. The van der Waals surface area contributed by atoms with Gasteiger partial charge in [0.05, 0.1) is 12.0 Å². The van der Waals surface area contributed by atoms with Crippen LogP contribution in [0, 0.1) is 5.92 Å². The Balaban J connectivity index is 1.85. The topological polar surface area (TPSA) is 44.4 Å².